The lowest BCUT2D eigenvalue weighted by atomic mass is 10.1. The van der Waals surface area contributed by atoms with Gasteiger partial charge in [0.25, 0.3) is 0 Å². The van der Waals surface area contributed by atoms with Gasteiger partial charge in [0.2, 0.25) is 6.41 Å². The van der Waals surface area contributed by atoms with Crippen LogP contribution in [0.25, 0.3) is 0 Å². The molecule has 4 nitrogen and oxygen atoms in total. The van der Waals surface area contributed by atoms with Crippen molar-refractivity contribution < 1.29 is 4.79 Å². The lowest BCUT2D eigenvalue weighted by Crippen LogP contribution is -2.44. The van der Waals surface area contributed by atoms with Crippen molar-refractivity contribution in [1.29, 1.82) is 0 Å². The molecule has 1 rings (SSSR count). The molecular weight excluding hydrogens is 214 g/mol. The Morgan fingerprint density at radius 1 is 1.24 bits per heavy atom. The summed E-state index contributed by atoms with van der Waals surface area (Å²) >= 11 is 0. The number of rotatable bonds is 3. The number of nitrogens with zero attached hydrogens (tertiary/aromatic N) is 3. The zero-order valence-electron chi connectivity index (χ0n) is 12.5. The normalized spacial score (nSPS) is 24.2. The molecule has 2 unspecified atom stereocenters. The van der Waals surface area contributed by atoms with E-state index in [1.54, 1.807) is 0 Å². The fourth-order valence-corrected chi connectivity index (χ4v) is 2.02. The highest BCUT2D eigenvalue weighted by molar-refractivity contribution is 5.48. The molecule has 1 heterocycles. The fourth-order valence-electron chi connectivity index (χ4n) is 2.02. The van der Waals surface area contributed by atoms with Crippen LogP contribution in [0.4, 0.5) is 0 Å². The maximum absolute atomic E-state index is 10.7. The summed E-state index contributed by atoms with van der Waals surface area (Å²) in [6.07, 6.45) is 2.08. The number of likely N-dealkylation sites (tertiary alicyclic amines) is 1. The summed E-state index contributed by atoms with van der Waals surface area (Å²) in [7, 11) is 8.14. The quantitative estimate of drug-likeness (QED) is 0.695. The van der Waals surface area contributed by atoms with Gasteiger partial charge in [0, 0.05) is 24.7 Å². The number of hydrogen-bond donors (Lipinski definition) is 0. The summed E-state index contributed by atoms with van der Waals surface area (Å²) in [4.78, 5) is 16.9. The Balaban J connectivity index is 0.000000557. The monoisotopic (exact) mass is 243 g/mol. The van der Waals surface area contributed by atoms with Crippen molar-refractivity contribution in [3.8, 4) is 0 Å². The van der Waals surface area contributed by atoms with E-state index in [0.29, 0.717) is 18.1 Å². The standard InChI is InChI=1S/C10H20N2O.C3H9N/c1-8(2)11(4)10-5-6-12(7-13)9(10)3;1-4(2)3/h7-10H,5-6H2,1-4H3;1-3H3. The van der Waals surface area contributed by atoms with Crippen LogP contribution in [0.2, 0.25) is 0 Å². The maximum Gasteiger partial charge on any atom is 0.209 e. The molecule has 0 aromatic heterocycles. The summed E-state index contributed by atoms with van der Waals surface area (Å²) in [5.41, 5.74) is 0. The van der Waals surface area contributed by atoms with Crippen molar-refractivity contribution in [3.05, 3.63) is 0 Å². The van der Waals surface area contributed by atoms with E-state index in [1.807, 2.05) is 30.9 Å². The second kappa shape index (κ2) is 7.67. The Labute approximate surface area is 107 Å². The first-order chi connectivity index (χ1) is 7.81. The average Bonchev–Trinajstić information content (AvgIpc) is 2.57. The molecule has 1 aliphatic rings. The van der Waals surface area contributed by atoms with Crippen LogP contribution in [-0.2, 0) is 4.79 Å². The van der Waals surface area contributed by atoms with Gasteiger partial charge in [-0.25, -0.2) is 0 Å². The number of carbonyl (C=O) groups excluding carboxylic acids is 1. The van der Waals surface area contributed by atoms with Gasteiger partial charge in [0.1, 0.15) is 0 Å². The van der Waals surface area contributed by atoms with Crippen molar-refractivity contribution in [2.24, 2.45) is 0 Å². The van der Waals surface area contributed by atoms with Crippen LogP contribution < -0.4 is 0 Å². The molecule has 1 saturated heterocycles. The van der Waals surface area contributed by atoms with Crippen LogP contribution in [0.3, 0.4) is 0 Å². The molecule has 0 aromatic rings. The van der Waals surface area contributed by atoms with Gasteiger partial charge in [-0.1, -0.05) is 0 Å². The number of likely N-dealkylation sites (N-methyl/N-ethyl adjacent to an activating group) is 1. The molecule has 0 spiro atoms. The molecule has 0 saturated carbocycles. The van der Waals surface area contributed by atoms with Crippen LogP contribution in [0.5, 0.6) is 0 Å². The van der Waals surface area contributed by atoms with Crippen molar-refractivity contribution in [1.82, 2.24) is 14.7 Å². The summed E-state index contributed by atoms with van der Waals surface area (Å²) in [6, 6.07) is 1.45. The van der Waals surface area contributed by atoms with Crippen LogP contribution >= 0.6 is 0 Å². The van der Waals surface area contributed by atoms with Gasteiger partial charge in [-0.05, 0) is 55.4 Å². The third-order valence-electron chi connectivity index (χ3n) is 3.24. The molecule has 1 fully saturated rings. The van der Waals surface area contributed by atoms with Gasteiger partial charge < -0.3 is 9.80 Å². The van der Waals surface area contributed by atoms with E-state index >= 15 is 0 Å². The van der Waals surface area contributed by atoms with Crippen molar-refractivity contribution >= 4 is 6.41 Å². The lowest BCUT2D eigenvalue weighted by Gasteiger charge is -2.32. The summed E-state index contributed by atoms with van der Waals surface area (Å²) in [5.74, 6) is 0. The first kappa shape index (κ1) is 16.4. The first-order valence-corrected chi connectivity index (χ1v) is 6.35. The van der Waals surface area contributed by atoms with E-state index in [4.69, 9.17) is 0 Å². The topological polar surface area (TPSA) is 26.8 Å². The van der Waals surface area contributed by atoms with Crippen molar-refractivity contribution in [2.45, 2.75) is 45.3 Å². The van der Waals surface area contributed by atoms with Gasteiger partial charge >= 0.3 is 0 Å². The van der Waals surface area contributed by atoms with E-state index in [2.05, 4.69) is 32.7 Å². The van der Waals surface area contributed by atoms with Gasteiger partial charge in [0.05, 0.1) is 0 Å². The average molecular weight is 243 g/mol. The fraction of sp³-hybridized carbons (Fsp3) is 0.923. The first-order valence-electron chi connectivity index (χ1n) is 6.35. The summed E-state index contributed by atoms with van der Waals surface area (Å²) < 4.78 is 0. The van der Waals surface area contributed by atoms with Crippen LogP contribution in [0.1, 0.15) is 27.2 Å². The Hall–Kier alpha value is -0.610. The zero-order chi connectivity index (χ0) is 13.6. The molecule has 0 radical (unpaired) electrons. The molecule has 102 valence electrons. The molecule has 1 aliphatic heterocycles. The summed E-state index contributed by atoms with van der Waals surface area (Å²) in [5, 5.41) is 0. The molecule has 0 aliphatic carbocycles. The Kier molecular flexibility index (Phi) is 7.39. The Morgan fingerprint density at radius 3 is 2.00 bits per heavy atom. The van der Waals surface area contributed by atoms with E-state index < -0.39 is 0 Å². The van der Waals surface area contributed by atoms with Crippen LogP contribution in [0.15, 0.2) is 0 Å². The van der Waals surface area contributed by atoms with E-state index in [1.165, 1.54) is 0 Å². The van der Waals surface area contributed by atoms with Crippen molar-refractivity contribution in [3.63, 3.8) is 0 Å². The molecule has 17 heavy (non-hydrogen) atoms. The molecule has 2 atom stereocenters. The van der Waals surface area contributed by atoms with Crippen LogP contribution in [-0.4, -0.2) is 74.0 Å². The van der Waals surface area contributed by atoms with E-state index in [0.717, 1.165) is 19.4 Å². The minimum atomic E-state index is 0.366. The van der Waals surface area contributed by atoms with Gasteiger partial charge in [-0.15, -0.1) is 0 Å². The minimum absolute atomic E-state index is 0.366. The molecule has 0 N–H and O–H groups in total. The largest absolute Gasteiger partial charge is 0.341 e. The SMILES string of the molecule is CC1C(N(C)C(C)C)CCN1C=O.CN(C)C. The number of hydrogen-bond acceptors (Lipinski definition) is 3. The van der Waals surface area contributed by atoms with Gasteiger partial charge in [-0.3, -0.25) is 9.69 Å². The molecular formula is C13H29N3O. The van der Waals surface area contributed by atoms with Gasteiger partial charge in [0.15, 0.2) is 0 Å². The maximum atomic E-state index is 10.7. The Bertz CT molecular complexity index is 216. The van der Waals surface area contributed by atoms with Crippen LogP contribution in [0, 0.1) is 0 Å². The molecule has 1 amide bonds. The Morgan fingerprint density at radius 2 is 1.71 bits per heavy atom. The predicted octanol–water partition coefficient (Wildman–Crippen LogP) is 1.12. The highest BCUT2D eigenvalue weighted by Crippen LogP contribution is 2.21. The second-order valence-electron chi connectivity index (χ2n) is 5.54. The van der Waals surface area contributed by atoms with E-state index in [-0.39, 0.29) is 0 Å². The zero-order valence-corrected chi connectivity index (χ0v) is 12.5. The number of carbonyl (C=O) groups is 1. The molecule has 0 bridgehead atoms. The lowest BCUT2D eigenvalue weighted by molar-refractivity contribution is -0.119. The third-order valence-corrected chi connectivity index (χ3v) is 3.24. The molecule has 4 heteroatoms. The number of amides is 1. The predicted molar refractivity (Wildman–Crippen MR) is 73.1 cm³/mol. The third kappa shape index (κ3) is 5.50. The summed E-state index contributed by atoms with van der Waals surface area (Å²) in [6.45, 7) is 7.42. The smallest absolute Gasteiger partial charge is 0.209 e. The second-order valence-corrected chi connectivity index (χ2v) is 5.54. The van der Waals surface area contributed by atoms with Crippen molar-refractivity contribution in [2.75, 3.05) is 34.7 Å². The molecule has 0 aromatic carbocycles. The van der Waals surface area contributed by atoms with Gasteiger partial charge in [-0.2, -0.15) is 0 Å². The highest BCUT2D eigenvalue weighted by atomic mass is 16.1. The van der Waals surface area contributed by atoms with E-state index in [9.17, 15) is 4.79 Å². The minimum Gasteiger partial charge on any atom is -0.341 e. The highest BCUT2D eigenvalue weighted by Gasteiger charge is 2.33.